The minimum absolute atomic E-state index is 0.235. The quantitative estimate of drug-likeness (QED) is 0.0389. The zero-order valence-electron chi connectivity index (χ0n) is 30.9. The first-order valence-corrected chi connectivity index (χ1v) is 19.4. The molecule has 1 heterocycles. The van der Waals surface area contributed by atoms with Crippen LogP contribution in [-0.2, 0) is 14.3 Å². The number of hydrogen-bond donors (Lipinski definition) is 8. The molecule has 11 nitrogen and oxygen atoms in total. The summed E-state index contributed by atoms with van der Waals surface area (Å²) < 4.78 is 11.0. The van der Waals surface area contributed by atoms with Crippen LogP contribution in [0.5, 0.6) is 0 Å². The molecule has 9 atom stereocenters. The zero-order chi connectivity index (χ0) is 37.0. The lowest BCUT2D eigenvalue weighted by atomic mass is 9.98. The second-order valence-corrected chi connectivity index (χ2v) is 13.6. The van der Waals surface area contributed by atoms with E-state index in [1.54, 1.807) is 0 Å². The lowest BCUT2D eigenvalue weighted by Crippen LogP contribution is -2.60. The molecule has 0 radical (unpaired) electrons. The Hall–Kier alpha value is -1.67. The van der Waals surface area contributed by atoms with E-state index in [9.17, 15) is 40.5 Å². The Morgan fingerprint density at radius 2 is 1.20 bits per heavy atom. The summed E-state index contributed by atoms with van der Waals surface area (Å²) >= 11 is 0. The van der Waals surface area contributed by atoms with Crippen LogP contribution in [0, 0.1) is 0 Å². The van der Waals surface area contributed by atoms with Gasteiger partial charge >= 0.3 is 0 Å². The molecule has 0 aromatic rings. The number of unbranched alkanes of at least 4 members (excludes halogenated alkanes) is 12. The minimum Gasteiger partial charge on any atom is -0.394 e. The normalized spacial score (nSPS) is 23.9. The van der Waals surface area contributed by atoms with Gasteiger partial charge in [0.1, 0.15) is 36.6 Å². The van der Waals surface area contributed by atoms with Gasteiger partial charge < -0.3 is 50.5 Å². The molecule has 1 saturated heterocycles. The molecule has 0 bridgehead atoms. The van der Waals surface area contributed by atoms with Crippen molar-refractivity contribution in [1.29, 1.82) is 0 Å². The SMILES string of the molecule is CCCCC/C=C\CCCCCCC(O)C(=O)NC(COC1OC(CO)C(O)C(O)C1O)C(O)C(O)CCC/C=C/CC/C=C/CCCCC. The third-order valence-electron chi connectivity index (χ3n) is 9.14. The molecule has 292 valence electrons. The van der Waals surface area contributed by atoms with Crippen LogP contribution in [0.4, 0.5) is 0 Å². The Balaban J connectivity index is 2.63. The molecule has 9 unspecified atom stereocenters. The first-order chi connectivity index (χ1) is 24.2. The van der Waals surface area contributed by atoms with Crippen molar-refractivity contribution < 1.29 is 50.0 Å². The van der Waals surface area contributed by atoms with Gasteiger partial charge in [0.05, 0.1) is 25.4 Å². The summed E-state index contributed by atoms with van der Waals surface area (Å²) in [5.74, 6) is -0.726. The second kappa shape index (κ2) is 29.9. The van der Waals surface area contributed by atoms with Crippen LogP contribution in [0.1, 0.15) is 136 Å². The van der Waals surface area contributed by atoms with Crippen molar-refractivity contribution >= 4 is 5.91 Å². The van der Waals surface area contributed by atoms with Crippen molar-refractivity contribution in [1.82, 2.24) is 5.32 Å². The molecule has 1 amide bonds. The Bertz CT molecular complexity index is 913. The summed E-state index contributed by atoms with van der Waals surface area (Å²) in [6.45, 7) is 3.30. The predicted molar refractivity (Wildman–Crippen MR) is 196 cm³/mol. The molecule has 1 fully saturated rings. The van der Waals surface area contributed by atoms with Crippen molar-refractivity contribution in [3.05, 3.63) is 36.5 Å². The molecule has 50 heavy (non-hydrogen) atoms. The highest BCUT2D eigenvalue weighted by Gasteiger charge is 2.44. The minimum atomic E-state index is -1.67. The maximum absolute atomic E-state index is 13.0. The zero-order valence-corrected chi connectivity index (χ0v) is 30.9. The van der Waals surface area contributed by atoms with Gasteiger partial charge in [0.2, 0.25) is 5.91 Å². The highest BCUT2D eigenvalue weighted by molar-refractivity contribution is 5.80. The van der Waals surface area contributed by atoms with Gasteiger partial charge in [-0.2, -0.15) is 0 Å². The third-order valence-corrected chi connectivity index (χ3v) is 9.14. The number of rotatable bonds is 30. The third kappa shape index (κ3) is 20.4. The number of nitrogens with one attached hydrogen (secondary N) is 1. The van der Waals surface area contributed by atoms with Crippen LogP contribution in [0.2, 0.25) is 0 Å². The van der Waals surface area contributed by atoms with Gasteiger partial charge in [-0.3, -0.25) is 4.79 Å². The van der Waals surface area contributed by atoms with Crippen molar-refractivity contribution in [2.45, 2.75) is 191 Å². The number of carbonyl (C=O) groups excluding carboxylic acids is 1. The Morgan fingerprint density at radius 1 is 0.680 bits per heavy atom. The van der Waals surface area contributed by atoms with Crippen molar-refractivity contribution in [3.8, 4) is 0 Å². The van der Waals surface area contributed by atoms with E-state index in [0.717, 1.165) is 51.4 Å². The lowest BCUT2D eigenvalue weighted by Gasteiger charge is -2.40. The summed E-state index contributed by atoms with van der Waals surface area (Å²) in [6, 6.07) is -1.19. The van der Waals surface area contributed by atoms with E-state index in [1.807, 2.05) is 6.08 Å². The fourth-order valence-electron chi connectivity index (χ4n) is 5.80. The van der Waals surface area contributed by atoms with E-state index >= 15 is 0 Å². The van der Waals surface area contributed by atoms with Crippen LogP contribution in [0.3, 0.4) is 0 Å². The van der Waals surface area contributed by atoms with Crippen LogP contribution in [0.15, 0.2) is 36.5 Å². The molecule has 0 aromatic carbocycles. The average Bonchev–Trinajstić information content (AvgIpc) is 3.11. The summed E-state index contributed by atoms with van der Waals surface area (Å²) in [6.07, 6.45) is 19.3. The fraction of sp³-hybridized carbons (Fsp3) is 0.821. The molecule has 0 saturated carbocycles. The number of aliphatic hydroxyl groups excluding tert-OH is 7. The summed E-state index contributed by atoms with van der Waals surface area (Å²) in [4.78, 5) is 13.0. The molecule has 0 aliphatic carbocycles. The van der Waals surface area contributed by atoms with E-state index in [1.165, 1.54) is 38.5 Å². The van der Waals surface area contributed by atoms with E-state index < -0.39 is 74.2 Å². The highest BCUT2D eigenvalue weighted by Crippen LogP contribution is 2.23. The fourth-order valence-corrected chi connectivity index (χ4v) is 5.80. The average molecular weight is 714 g/mol. The van der Waals surface area contributed by atoms with Crippen LogP contribution in [-0.4, -0.2) is 110 Å². The molecule has 0 spiro atoms. The molecule has 0 aromatic heterocycles. The van der Waals surface area contributed by atoms with Gasteiger partial charge in [-0.05, 0) is 77.0 Å². The summed E-state index contributed by atoms with van der Waals surface area (Å²) in [5, 5.41) is 75.1. The number of carbonyl (C=O) groups is 1. The van der Waals surface area contributed by atoms with Gasteiger partial charge in [0.15, 0.2) is 6.29 Å². The van der Waals surface area contributed by atoms with Gasteiger partial charge in [-0.1, -0.05) is 95.2 Å². The maximum atomic E-state index is 13.0. The van der Waals surface area contributed by atoms with E-state index in [0.29, 0.717) is 19.3 Å². The molecule has 1 rings (SSSR count). The Kier molecular flexibility index (Phi) is 27.7. The van der Waals surface area contributed by atoms with Gasteiger partial charge in [0, 0.05) is 0 Å². The predicted octanol–water partition coefficient (Wildman–Crippen LogP) is 4.49. The topological polar surface area (TPSA) is 189 Å². The van der Waals surface area contributed by atoms with E-state index in [-0.39, 0.29) is 12.8 Å². The first-order valence-electron chi connectivity index (χ1n) is 19.4. The molecule has 1 aliphatic heterocycles. The van der Waals surface area contributed by atoms with Crippen molar-refractivity contribution in [3.63, 3.8) is 0 Å². The van der Waals surface area contributed by atoms with Crippen molar-refractivity contribution in [2.24, 2.45) is 0 Å². The number of hydrogen-bond acceptors (Lipinski definition) is 10. The van der Waals surface area contributed by atoms with Crippen LogP contribution < -0.4 is 5.32 Å². The molecule has 1 aliphatic rings. The molecule has 11 heteroatoms. The molecular formula is C39H71NO10. The van der Waals surface area contributed by atoms with Gasteiger partial charge in [-0.25, -0.2) is 0 Å². The summed E-state index contributed by atoms with van der Waals surface area (Å²) in [5.41, 5.74) is 0. The maximum Gasteiger partial charge on any atom is 0.249 e. The lowest BCUT2D eigenvalue weighted by molar-refractivity contribution is -0.303. The molecule has 8 N–H and O–H groups in total. The standard InChI is InChI=1S/C39H71NO10/c1-3-5-7-9-11-13-15-17-18-20-22-24-26-31(42)34(44)30(29-49-39-37(47)36(46)35(45)33(28-41)50-39)40-38(48)32(43)27-25-23-21-19-16-14-12-10-8-6-4-2/h11-14,18,20,30-37,39,41-47H,3-10,15-17,19,21-29H2,1-2H3,(H,40,48)/b13-11+,14-12-,20-18+. The second-order valence-electron chi connectivity index (χ2n) is 13.6. The largest absolute Gasteiger partial charge is 0.394 e. The number of allylic oxidation sites excluding steroid dienone is 6. The van der Waals surface area contributed by atoms with Crippen LogP contribution in [0.25, 0.3) is 0 Å². The van der Waals surface area contributed by atoms with Crippen molar-refractivity contribution in [2.75, 3.05) is 13.2 Å². The number of aliphatic hydroxyl groups is 7. The van der Waals surface area contributed by atoms with Gasteiger partial charge in [-0.15, -0.1) is 0 Å². The highest BCUT2D eigenvalue weighted by atomic mass is 16.7. The first kappa shape index (κ1) is 46.4. The van der Waals surface area contributed by atoms with Crippen LogP contribution >= 0.6 is 0 Å². The van der Waals surface area contributed by atoms with Gasteiger partial charge in [0.25, 0.3) is 0 Å². The Morgan fingerprint density at radius 3 is 1.76 bits per heavy atom. The molecular weight excluding hydrogens is 642 g/mol. The van der Waals surface area contributed by atoms with E-state index in [2.05, 4.69) is 49.5 Å². The monoisotopic (exact) mass is 714 g/mol. The smallest absolute Gasteiger partial charge is 0.249 e. The number of amides is 1. The Labute approximate surface area is 301 Å². The van der Waals surface area contributed by atoms with E-state index in [4.69, 9.17) is 9.47 Å². The summed E-state index contributed by atoms with van der Waals surface area (Å²) in [7, 11) is 0. The number of ether oxygens (including phenoxy) is 2.